The minimum absolute atomic E-state index is 0.265. The lowest BCUT2D eigenvalue weighted by molar-refractivity contribution is -0.134. The molecule has 0 aliphatic heterocycles. The zero-order valence-electron chi connectivity index (χ0n) is 19.3. The highest BCUT2D eigenvalue weighted by molar-refractivity contribution is 6.00. The molecular weight excluding hydrogens is 460 g/mol. The van der Waals surface area contributed by atoms with E-state index in [4.69, 9.17) is 15.2 Å². The molecule has 1 heterocycles. The first-order valence-electron chi connectivity index (χ1n) is 10.2. The number of aromatic nitrogens is 2. The molecule has 0 bridgehead atoms. The second-order valence-electron chi connectivity index (χ2n) is 7.46. The highest BCUT2D eigenvalue weighted by Crippen LogP contribution is 2.41. The van der Waals surface area contributed by atoms with Crippen LogP contribution in [0.15, 0.2) is 52.1 Å². The van der Waals surface area contributed by atoms with Gasteiger partial charge < -0.3 is 20.3 Å². The van der Waals surface area contributed by atoms with E-state index in [9.17, 15) is 29.1 Å². The summed E-state index contributed by atoms with van der Waals surface area (Å²) in [7, 11) is 1.17. The number of rotatable bonds is 5. The zero-order chi connectivity index (χ0) is 26.0. The van der Waals surface area contributed by atoms with Crippen molar-refractivity contribution < 1.29 is 29.0 Å². The lowest BCUT2D eigenvalue weighted by Gasteiger charge is -2.25. The molecule has 0 spiro atoms. The maximum atomic E-state index is 13.1. The molecule has 3 aromatic rings. The van der Waals surface area contributed by atoms with Crippen molar-refractivity contribution in [1.29, 1.82) is 0 Å². The number of hydrogen-bond donors (Lipinski definition) is 2. The van der Waals surface area contributed by atoms with Crippen molar-refractivity contribution in [3.63, 3.8) is 0 Å². The van der Waals surface area contributed by atoms with E-state index in [1.165, 1.54) is 25.2 Å². The van der Waals surface area contributed by atoms with Crippen LogP contribution in [0.3, 0.4) is 0 Å². The van der Waals surface area contributed by atoms with Gasteiger partial charge >= 0.3 is 23.7 Å². The normalized spacial score (nSPS) is 10.5. The Morgan fingerprint density at radius 3 is 2.11 bits per heavy atom. The molecule has 12 nitrogen and oxygen atoms in total. The Kier molecular flexibility index (Phi) is 6.76. The zero-order valence-corrected chi connectivity index (χ0v) is 19.3. The number of hydrogen-bond acceptors (Lipinski definition) is 8. The van der Waals surface area contributed by atoms with Gasteiger partial charge in [0.1, 0.15) is 5.82 Å². The highest BCUT2D eigenvalue weighted by Gasteiger charge is 2.31. The van der Waals surface area contributed by atoms with Crippen molar-refractivity contribution in [3.8, 4) is 17.2 Å². The molecule has 12 heteroatoms. The van der Waals surface area contributed by atoms with Crippen LogP contribution in [0.2, 0.25) is 0 Å². The van der Waals surface area contributed by atoms with Crippen LogP contribution in [0, 0.1) is 6.92 Å². The topological polar surface area (TPSA) is 163 Å². The quantitative estimate of drug-likeness (QED) is 0.409. The van der Waals surface area contributed by atoms with Gasteiger partial charge in [-0.1, -0.05) is 23.8 Å². The molecule has 1 aromatic heterocycles. The standard InChI is InChI=1S/C23H22N4O8/c1-12-8-10-15(11-9-12)26-20(24)18(21(30)25(4)22(26)31)27(23(32)33)16-6-5-7-17(34-13(2)28)19(16)35-14(3)29/h5-11H,24H2,1-4H3,(H,32,33). The molecule has 0 saturated carbocycles. The van der Waals surface area contributed by atoms with Crippen molar-refractivity contribution >= 4 is 35.2 Å². The fraction of sp³-hybridized carbons (Fsp3) is 0.174. The van der Waals surface area contributed by atoms with Gasteiger partial charge in [0.2, 0.25) is 0 Å². The van der Waals surface area contributed by atoms with Crippen molar-refractivity contribution in [2.45, 2.75) is 20.8 Å². The Morgan fingerprint density at radius 2 is 1.57 bits per heavy atom. The summed E-state index contributed by atoms with van der Waals surface area (Å²) in [5.41, 5.74) is 4.63. The van der Waals surface area contributed by atoms with Gasteiger partial charge in [-0.2, -0.15) is 0 Å². The molecule has 3 rings (SSSR count). The Morgan fingerprint density at radius 1 is 0.971 bits per heavy atom. The molecule has 0 aliphatic rings. The van der Waals surface area contributed by atoms with E-state index in [1.807, 2.05) is 6.92 Å². The van der Waals surface area contributed by atoms with Crippen LogP contribution in [0.1, 0.15) is 19.4 Å². The number of benzene rings is 2. The van der Waals surface area contributed by atoms with Gasteiger partial charge in [0.05, 0.1) is 11.4 Å². The molecule has 0 atom stereocenters. The Hall–Kier alpha value is -4.87. The summed E-state index contributed by atoms with van der Waals surface area (Å²) in [6, 6.07) is 10.4. The number of esters is 2. The number of ether oxygens (including phenoxy) is 2. The molecule has 2 aromatic carbocycles. The van der Waals surface area contributed by atoms with E-state index in [1.54, 1.807) is 24.3 Å². The first-order valence-corrected chi connectivity index (χ1v) is 10.2. The van der Waals surface area contributed by atoms with Crippen molar-refractivity contribution in [2.24, 2.45) is 7.05 Å². The number of amides is 1. The SMILES string of the molecule is CC(=O)Oc1cccc(N(C(=O)O)c2c(N)n(-c3ccc(C)cc3)c(=O)n(C)c2=O)c1OC(C)=O. The smallest absolute Gasteiger partial charge is 0.416 e. The van der Waals surface area contributed by atoms with E-state index in [0.29, 0.717) is 9.47 Å². The number of nitrogens with zero attached hydrogens (tertiary/aromatic N) is 3. The largest absolute Gasteiger partial charge is 0.464 e. The summed E-state index contributed by atoms with van der Waals surface area (Å²) < 4.78 is 11.9. The summed E-state index contributed by atoms with van der Waals surface area (Å²) in [6.07, 6.45) is -1.68. The van der Waals surface area contributed by atoms with E-state index < -0.39 is 46.5 Å². The molecule has 0 unspecified atom stereocenters. The summed E-state index contributed by atoms with van der Waals surface area (Å²) in [4.78, 5) is 62.3. The van der Waals surface area contributed by atoms with E-state index >= 15 is 0 Å². The van der Waals surface area contributed by atoms with Crippen LogP contribution in [0.25, 0.3) is 5.69 Å². The molecule has 0 aliphatic carbocycles. The molecule has 3 N–H and O–H groups in total. The van der Waals surface area contributed by atoms with Crippen molar-refractivity contribution in [2.75, 3.05) is 10.6 Å². The molecule has 1 amide bonds. The van der Waals surface area contributed by atoms with Crippen LogP contribution in [0.4, 0.5) is 22.0 Å². The van der Waals surface area contributed by atoms with Crippen molar-refractivity contribution in [1.82, 2.24) is 9.13 Å². The lowest BCUT2D eigenvalue weighted by Crippen LogP contribution is -2.43. The van der Waals surface area contributed by atoms with Crippen LogP contribution in [-0.2, 0) is 16.6 Å². The Balaban J connectivity index is 2.40. The highest BCUT2D eigenvalue weighted by atomic mass is 16.6. The third kappa shape index (κ3) is 4.76. The first-order chi connectivity index (χ1) is 16.4. The maximum absolute atomic E-state index is 13.1. The van der Waals surface area contributed by atoms with E-state index in [2.05, 4.69) is 0 Å². The van der Waals surface area contributed by atoms with Gasteiger partial charge in [-0.05, 0) is 31.2 Å². The number of aryl methyl sites for hydroxylation is 1. The Bertz CT molecular complexity index is 1450. The van der Waals surface area contributed by atoms with Crippen molar-refractivity contribution in [3.05, 3.63) is 68.9 Å². The summed E-state index contributed by atoms with van der Waals surface area (Å²) in [6.45, 7) is 4.00. The van der Waals surface area contributed by atoms with Crippen LogP contribution in [0.5, 0.6) is 11.5 Å². The van der Waals surface area contributed by atoms with Crippen LogP contribution < -0.4 is 31.4 Å². The number of carboxylic acid groups (broad SMARTS) is 1. The maximum Gasteiger partial charge on any atom is 0.416 e. The first kappa shape index (κ1) is 24.8. The van der Waals surface area contributed by atoms with Gasteiger partial charge in [-0.25, -0.2) is 19.1 Å². The number of nitrogen functional groups attached to an aromatic ring is 1. The number of anilines is 3. The van der Waals surface area contributed by atoms with Crippen LogP contribution in [-0.4, -0.2) is 32.3 Å². The third-order valence-electron chi connectivity index (χ3n) is 4.87. The van der Waals surface area contributed by atoms with Gasteiger partial charge in [-0.3, -0.25) is 19.0 Å². The predicted molar refractivity (Wildman–Crippen MR) is 126 cm³/mol. The number of carbonyl (C=O) groups is 3. The predicted octanol–water partition coefficient (Wildman–Crippen LogP) is 2.09. The number of para-hydroxylation sites is 1. The van der Waals surface area contributed by atoms with Gasteiger partial charge in [-0.15, -0.1) is 0 Å². The number of carbonyl (C=O) groups excluding carboxylic acids is 2. The average Bonchev–Trinajstić information content (AvgIpc) is 2.77. The summed E-state index contributed by atoms with van der Waals surface area (Å²) in [5, 5.41) is 10.1. The summed E-state index contributed by atoms with van der Waals surface area (Å²) >= 11 is 0. The minimum Gasteiger partial charge on any atom is -0.464 e. The lowest BCUT2D eigenvalue weighted by atomic mass is 10.2. The summed E-state index contributed by atoms with van der Waals surface area (Å²) in [5.74, 6) is -2.79. The number of nitrogens with two attached hydrogens (primary N) is 1. The van der Waals surface area contributed by atoms with Crippen LogP contribution >= 0.6 is 0 Å². The Labute approximate surface area is 198 Å². The average molecular weight is 482 g/mol. The molecule has 0 radical (unpaired) electrons. The van der Waals surface area contributed by atoms with Gasteiger partial charge in [0.25, 0.3) is 5.56 Å². The van der Waals surface area contributed by atoms with E-state index in [-0.39, 0.29) is 17.1 Å². The van der Waals surface area contributed by atoms with Gasteiger partial charge in [0, 0.05) is 20.9 Å². The van der Waals surface area contributed by atoms with E-state index in [0.717, 1.165) is 24.0 Å². The second-order valence-corrected chi connectivity index (χ2v) is 7.46. The van der Waals surface area contributed by atoms with Gasteiger partial charge in [0.15, 0.2) is 17.2 Å². The second kappa shape index (κ2) is 9.55. The molecular formula is C23H22N4O8. The molecule has 0 fully saturated rings. The fourth-order valence-corrected chi connectivity index (χ4v) is 3.35. The molecule has 0 saturated heterocycles. The molecule has 35 heavy (non-hydrogen) atoms. The monoisotopic (exact) mass is 482 g/mol. The fourth-order valence-electron chi connectivity index (χ4n) is 3.35. The molecule has 182 valence electrons. The minimum atomic E-state index is -1.68. The third-order valence-corrected chi connectivity index (χ3v) is 4.87.